The van der Waals surface area contributed by atoms with E-state index in [4.69, 9.17) is 11.6 Å². The molecule has 0 heterocycles. The molecule has 2 aromatic carbocycles. The van der Waals surface area contributed by atoms with Crippen LogP contribution in [0.15, 0.2) is 53.0 Å². The number of carboxylic acids is 1. The molecule has 0 aliphatic rings. The Bertz CT molecular complexity index is 671. The molecule has 0 saturated carbocycles. The number of carbonyl (C=O) groups excluding carboxylic acids is 1. The molecule has 0 aromatic heterocycles. The number of aliphatic carboxylic acids is 1. The molecule has 0 spiro atoms. The summed E-state index contributed by atoms with van der Waals surface area (Å²) in [5, 5.41) is 12.3. The first kappa shape index (κ1) is 16.5. The van der Waals surface area contributed by atoms with Gasteiger partial charge in [-0.2, -0.15) is 0 Å². The number of carbonyl (C=O) groups is 2. The fourth-order valence-electron chi connectivity index (χ4n) is 1.90. The van der Waals surface area contributed by atoms with E-state index >= 15 is 0 Å². The second kappa shape index (κ2) is 7.42. The average Bonchev–Trinajstić information content (AvgIpc) is 2.49. The summed E-state index contributed by atoms with van der Waals surface area (Å²) in [5.41, 5.74) is 1.19. The van der Waals surface area contributed by atoms with E-state index in [0.29, 0.717) is 10.6 Å². The molecule has 114 valence electrons. The van der Waals surface area contributed by atoms with Crippen molar-refractivity contribution in [1.29, 1.82) is 0 Å². The molecule has 1 atom stereocenters. The van der Waals surface area contributed by atoms with Crippen molar-refractivity contribution in [3.8, 4) is 0 Å². The topological polar surface area (TPSA) is 66.4 Å². The minimum atomic E-state index is -1.08. The third-order valence-electron chi connectivity index (χ3n) is 3.06. The highest BCUT2D eigenvalue weighted by molar-refractivity contribution is 9.10. The number of nitrogens with one attached hydrogen (secondary N) is 1. The Kier molecular flexibility index (Phi) is 5.57. The van der Waals surface area contributed by atoms with Crippen LogP contribution in [0.3, 0.4) is 0 Å². The number of rotatable bonds is 5. The predicted octanol–water partition coefficient (Wildman–Crippen LogP) is 3.53. The maximum atomic E-state index is 12.1. The second-order valence-corrected chi connectivity index (χ2v) is 6.05. The van der Waals surface area contributed by atoms with Gasteiger partial charge in [0.15, 0.2) is 0 Å². The van der Waals surface area contributed by atoms with Gasteiger partial charge in [0, 0.05) is 21.5 Å². The highest BCUT2D eigenvalue weighted by Crippen LogP contribution is 2.13. The van der Waals surface area contributed by atoms with Crippen LogP contribution < -0.4 is 5.32 Å². The van der Waals surface area contributed by atoms with E-state index in [9.17, 15) is 14.7 Å². The van der Waals surface area contributed by atoms with Crippen molar-refractivity contribution in [3.05, 3.63) is 69.2 Å². The quantitative estimate of drug-likeness (QED) is 0.831. The number of carboxylic acid groups (broad SMARTS) is 1. The van der Waals surface area contributed by atoms with Crippen molar-refractivity contribution >= 4 is 39.4 Å². The standard InChI is InChI=1S/C16H13BrClNO3/c17-12-5-1-10(2-6-12)9-14(16(21)22)19-15(20)11-3-7-13(18)8-4-11/h1-8,14H,9H2,(H,19,20)(H,21,22)/t14-/m1/s1. The lowest BCUT2D eigenvalue weighted by atomic mass is 10.1. The molecule has 0 radical (unpaired) electrons. The van der Waals surface area contributed by atoms with Crippen molar-refractivity contribution in [2.45, 2.75) is 12.5 Å². The van der Waals surface area contributed by atoms with Gasteiger partial charge in [-0.25, -0.2) is 4.79 Å². The molecule has 2 aromatic rings. The maximum Gasteiger partial charge on any atom is 0.326 e. The predicted molar refractivity (Wildman–Crippen MR) is 88.2 cm³/mol. The average molecular weight is 383 g/mol. The summed E-state index contributed by atoms with van der Waals surface area (Å²) in [6.07, 6.45) is 0.210. The Morgan fingerprint density at radius 3 is 2.23 bits per heavy atom. The third-order valence-corrected chi connectivity index (χ3v) is 3.84. The van der Waals surface area contributed by atoms with Crippen LogP contribution in [0, 0.1) is 0 Å². The number of hydrogen-bond acceptors (Lipinski definition) is 2. The van der Waals surface area contributed by atoms with Crippen LogP contribution in [0.25, 0.3) is 0 Å². The highest BCUT2D eigenvalue weighted by atomic mass is 79.9. The fraction of sp³-hybridized carbons (Fsp3) is 0.125. The van der Waals surface area contributed by atoms with Gasteiger partial charge in [-0.1, -0.05) is 39.7 Å². The Morgan fingerprint density at radius 1 is 1.09 bits per heavy atom. The molecule has 1 amide bonds. The zero-order valence-corrected chi connectivity index (χ0v) is 13.8. The molecule has 0 aliphatic heterocycles. The largest absolute Gasteiger partial charge is 0.480 e. The molecule has 0 unspecified atom stereocenters. The fourth-order valence-corrected chi connectivity index (χ4v) is 2.29. The van der Waals surface area contributed by atoms with E-state index in [0.717, 1.165) is 10.0 Å². The van der Waals surface area contributed by atoms with Gasteiger partial charge in [0.1, 0.15) is 6.04 Å². The van der Waals surface area contributed by atoms with Crippen LogP contribution in [-0.2, 0) is 11.2 Å². The van der Waals surface area contributed by atoms with Crippen LogP contribution in [0.1, 0.15) is 15.9 Å². The first-order valence-electron chi connectivity index (χ1n) is 6.49. The van der Waals surface area contributed by atoms with Crippen LogP contribution >= 0.6 is 27.5 Å². The van der Waals surface area contributed by atoms with Crippen LogP contribution in [0.4, 0.5) is 0 Å². The van der Waals surface area contributed by atoms with Crippen LogP contribution in [0.2, 0.25) is 5.02 Å². The molecule has 0 bridgehead atoms. The van der Waals surface area contributed by atoms with E-state index in [1.54, 1.807) is 24.3 Å². The minimum Gasteiger partial charge on any atom is -0.480 e. The lowest BCUT2D eigenvalue weighted by molar-refractivity contribution is -0.139. The Balaban J connectivity index is 2.08. The Hall–Kier alpha value is -1.85. The van der Waals surface area contributed by atoms with Crippen molar-refractivity contribution in [2.24, 2.45) is 0 Å². The van der Waals surface area contributed by atoms with Crippen LogP contribution in [-0.4, -0.2) is 23.0 Å². The first-order chi connectivity index (χ1) is 10.5. The van der Waals surface area contributed by atoms with Crippen molar-refractivity contribution in [2.75, 3.05) is 0 Å². The molecule has 6 heteroatoms. The smallest absolute Gasteiger partial charge is 0.326 e. The molecule has 0 aliphatic carbocycles. The zero-order chi connectivity index (χ0) is 16.1. The van der Waals surface area contributed by atoms with E-state index in [2.05, 4.69) is 21.2 Å². The van der Waals surface area contributed by atoms with Crippen molar-refractivity contribution in [1.82, 2.24) is 5.32 Å². The highest BCUT2D eigenvalue weighted by Gasteiger charge is 2.21. The molecule has 4 nitrogen and oxygen atoms in total. The normalized spacial score (nSPS) is 11.7. The molecule has 2 N–H and O–H groups in total. The van der Waals surface area contributed by atoms with Crippen LogP contribution in [0.5, 0.6) is 0 Å². The summed E-state index contributed by atoms with van der Waals surface area (Å²) in [6.45, 7) is 0. The summed E-state index contributed by atoms with van der Waals surface area (Å²) in [7, 11) is 0. The Morgan fingerprint density at radius 2 is 1.68 bits per heavy atom. The van der Waals surface area contributed by atoms with Gasteiger partial charge >= 0.3 is 5.97 Å². The van der Waals surface area contributed by atoms with Gasteiger partial charge in [-0.3, -0.25) is 4.79 Å². The summed E-state index contributed by atoms with van der Waals surface area (Å²) in [4.78, 5) is 23.4. The third kappa shape index (κ3) is 4.58. The SMILES string of the molecule is O=C(N[C@H](Cc1ccc(Br)cc1)C(=O)O)c1ccc(Cl)cc1. The Labute approximate surface area is 141 Å². The lowest BCUT2D eigenvalue weighted by Gasteiger charge is -2.15. The van der Waals surface area contributed by atoms with Gasteiger partial charge in [0.2, 0.25) is 0 Å². The molecular weight excluding hydrogens is 370 g/mol. The van der Waals surface area contributed by atoms with E-state index in [-0.39, 0.29) is 6.42 Å². The van der Waals surface area contributed by atoms with Gasteiger partial charge in [0.25, 0.3) is 5.91 Å². The van der Waals surface area contributed by atoms with Gasteiger partial charge in [-0.15, -0.1) is 0 Å². The number of amides is 1. The number of halogens is 2. The molecular formula is C16H13BrClNO3. The van der Waals surface area contributed by atoms with E-state index in [1.807, 2.05) is 24.3 Å². The van der Waals surface area contributed by atoms with Gasteiger partial charge in [0.05, 0.1) is 0 Å². The molecule has 0 fully saturated rings. The van der Waals surface area contributed by atoms with Gasteiger partial charge in [-0.05, 0) is 42.0 Å². The maximum absolute atomic E-state index is 12.1. The van der Waals surface area contributed by atoms with E-state index in [1.165, 1.54) is 0 Å². The monoisotopic (exact) mass is 381 g/mol. The minimum absolute atomic E-state index is 0.210. The summed E-state index contributed by atoms with van der Waals surface area (Å²) in [5.74, 6) is -1.52. The lowest BCUT2D eigenvalue weighted by Crippen LogP contribution is -2.42. The molecule has 0 saturated heterocycles. The van der Waals surface area contributed by atoms with Gasteiger partial charge < -0.3 is 10.4 Å². The molecule has 2 rings (SSSR count). The summed E-state index contributed by atoms with van der Waals surface area (Å²) >= 11 is 9.08. The second-order valence-electron chi connectivity index (χ2n) is 4.70. The van der Waals surface area contributed by atoms with Crippen molar-refractivity contribution < 1.29 is 14.7 Å². The van der Waals surface area contributed by atoms with E-state index < -0.39 is 17.9 Å². The molecule has 22 heavy (non-hydrogen) atoms. The summed E-state index contributed by atoms with van der Waals surface area (Å²) < 4.78 is 0.910. The number of benzene rings is 2. The summed E-state index contributed by atoms with van der Waals surface area (Å²) in [6, 6.07) is 12.6. The zero-order valence-electron chi connectivity index (χ0n) is 11.4. The first-order valence-corrected chi connectivity index (χ1v) is 7.66. The number of hydrogen-bond donors (Lipinski definition) is 2. The van der Waals surface area contributed by atoms with Crippen molar-refractivity contribution in [3.63, 3.8) is 0 Å².